The smallest absolute Gasteiger partial charge is 0.326 e. The van der Waals surface area contributed by atoms with Crippen LogP contribution in [0.4, 0.5) is 11.4 Å². The molecule has 1 saturated heterocycles. The van der Waals surface area contributed by atoms with Crippen LogP contribution in [0.3, 0.4) is 0 Å². The number of carboxylic acid groups (broad SMARTS) is 1. The third kappa shape index (κ3) is 2.28. The average molecular weight is 275 g/mol. The second kappa shape index (κ2) is 5.17. The number of aliphatic carboxylic acids is 1. The van der Waals surface area contributed by atoms with E-state index in [4.69, 9.17) is 5.26 Å². The van der Waals surface area contributed by atoms with Gasteiger partial charge in [-0.2, -0.15) is 5.26 Å². The summed E-state index contributed by atoms with van der Waals surface area (Å²) < 4.78 is 0. The molecule has 1 aromatic carbocycles. The van der Waals surface area contributed by atoms with Crippen molar-refractivity contribution >= 4 is 17.3 Å². The molecule has 104 valence electrons. The second-order valence-electron chi connectivity index (χ2n) is 4.81. The normalized spacial score (nSPS) is 21.5. The van der Waals surface area contributed by atoms with Crippen LogP contribution in [0.2, 0.25) is 0 Å². The van der Waals surface area contributed by atoms with E-state index in [2.05, 4.69) is 0 Å². The maximum atomic E-state index is 11.3. The zero-order valence-electron chi connectivity index (χ0n) is 10.8. The number of hydrogen-bond donors (Lipinski definition) is 1. The zero-order valence-corrected chi connectivity index (χ0v) is 10.8. The highest BCUT2D eigenvalue weighted by Gasteiger charge is 2.37. The molecule has 1 aromatic rings. The standard InChI is InChI=1S/C13H13N3O4/c1-8-4-5-15(12(8)13(17)18)10-3-2-9(7-14)11(6-10)16(19)20/h2-3,6,8,12H,4-5H2,1H3,(H,17,18). The Bertz CT molecular complexity index is 608. The number of carboxylic acids is 1. The van der Waals surface area contributed by atoms with E-state index >= 15 is 0 Å². The summed E-state index contributed by atoms with van der Waals surface area (Å²) in [5.41, 5.74) is 0.138. The van der Waals surface area contributed by atoms with Crippen LogP contribution in [-0.4, -0.2) is 28.6 Å². The Morgan fingerprint density at radius 3 is 2.85 bits per heavy atom. The molecule has 1 aliphatic rings. The molecule has 7 heteroatoms. The molecule has 1 aliphatic heterocycles. The Morgan fingerprint density at radius 1 is 1.60 bits per heavy atom. The van der Waals surface area contributed by atoms with Crippen LogP contribution in [0.25, 0.3) is 0 Å². The second-order valence-corrected chi connectivity index (χ2v) is 4.81. The van der Waals surface area contributed by atoms with Crippen molar-refractivity contribution in [1.29, 1.82) is 5.26 Å². The molecule has 7 nitrogen and oxygen atoms in total. The lowest BCUT2D eigenvalue weighted by atomic mass is 10.0. The Kier molecular flexibility index (Phi) is 3.57. The van der Waals surface area contributed by atoms with Gasteiger partial charge in [0.25, 0.3) is 5.69 Å². The molecule has 0 amide bonds. The number of nitro groups is 1. The van der Waals surface area contributed by atoms with E-state index in [1.165, 1.54) is 12.1 Å². The number of anilines is 1. The first-order valence-electron chi connectivity index (χ1n) is 6.13. The fraction of sp³-hybridized carbons (Fsp3) is 0.385. The minimum absolute atomic E-state index is 0.0257. The van der Waals surface area contributed by atoms with Crippen LogP contribution in [0.1, 0.15) is 18.9 Å². The van der Waals surface area contributed by atoms with E-state index in [9.17, 15) is 20.0 Å². The van der Waals surface area contributed by atoms with Crippen LogP contribution >= 0.6 is 0 Å². The van der Waals surface area contributed by atoms with Gasteiger partial charge in [0.05, 0.1) is 4.92 Å². The topological polar surface area (TPSA) is 107 Å². The fourth-order valence-electron chi connectivity index (χ4n) is 2.56. The van der Waals surface area contributed by atoms with Gasteiger partial charge in [-0.05, 0) is 24.5 Å². The summed E-state index contributed by atoms with van der Waals surface area (Å²) in [6.07, 6.45) is 0.713. The molecule has 1 fully saturated rings. The van der Waals surface area contributed by atoms with E-state index in [1.54, 1.807) is 17.0 Å². The van der Waals surface area contributed by atoms with Gasteiger partial charge in [-0.3, -0.25) is 10.1 Å². The summed E-state index contributed by atoms with van der Waals surface area (Å²) >= 11 is 0. The Labute approximate surface area is 115 Å². The minimum atomic E-state index is -0.943. The Hall–Kier alpha value is -2.62. The molecule has 0 aliphatic carbocycles. The third-order valence-electron chi connectivity index (χ3n) is 3.58. The Balaban J connectivity index is 2.44. The maximum Gasteiger partial charge on any atom is 0.326 e. The van der Waals surface area contributed by atoms with Gasteiger partial charge in [0, 0.05) is 18.3 Å². The van der Waals surface area contributed by atoms with Crippen molar-refractivity contribution in [3.05, 3.63) is 33.9 Å². The molecule has 1 heterocycles. The summed E-state index contributed by atoms with van der Waals surface area (Å²) in [4.78, 5) is 23.3. The van der Waals surface area contributed by atoms with Gasteiger partial charge in [-0.15, -0.1) is 0 Å². The van der Waals surface area contributed by atoms with Gasteiger partial charge in [-0.1, -0.05) is 6.92 Å². The third-order valence-corrected chi connectivity index (χ3v) is 3.58. The zero-order chi connectivity index (χ0) is 14.9. The molecule has 1 N–H and O–H groups in total. The molecule has 20 heavy (non-hydrogen) atoms. The van der Waals surface area contributed by atoms with E-state index in [0.29, 0.717) is 18.7 Å². The molecule has 0 aromatic heterocycles. The Morgan fingerprint density at radius 2 is 2.30 bits per heavy atom. The summed E-state index contributed by atoms with van der Waals surface area (Å²) in [6.45, 7) is 2.37. The van der Waals surface area contributed by atoms with Crippen LogP contribution < -0.4 is 4.90 Å². The van der Waals surface area contributed by atoms with Crippen molar-refractivity contribution in [2.75, 3.05) is 11.4 Å². The highest BCUT2D eigenvalue weighted by atomic mass is 16.6. The quantitative estimate of drug-likeness (QED) is 0.665. The lowest BCUT2D eigenvalue weighted by molar-refractivity contribution is -0.385. The van der Waals surface area contributed by atoms with Crippen LogP contribution in [0.15, 0.2) is 18.2 Å². The number of nitro benzene ring substituents is 1. The number of benzene rings is 1. The largest absolute Gasteiger partial charge is 0.480 e. The van der Waals surface area contributed by atoms with Gasteiger partial charge >= 0.3 is 5.97 Å². The molecule has 0 bridgehead atoms. The van der Waals surface area contributed by atoms with Crippen molar-refractivity contribution in [3.8, 4) is 6.07 Å². The molecule has 2 unspecified atom stereocenters. The number of hydrogen-bond acceptors (Lipinski definition) is 5. The predicted octanol–water partition coefficient (Wildman–Crippen LogP) is 1.77. The van der Waals surface area contributed by atoms with E-state index in [-0.39, 0.29) is 17.2 Å². The van der Waals surface area contributed by atoms with Crippen LogP contribution in [-0.2, 0) is 4.79 Å². The number of nitrogens with zero attached hydrogens (tertiary/aromatic N) is 3. The summed E-state index contributed by atoms with van der Waals surface area (Å²) in [5, 5.41) is 29.1. The summed E-state index contributed by atoms with van der Waals surface area (Å²) in [6, 6.07) is 5.25. The summed E-state index contributed by atoms with van der Waals surface area (Å²) in [7, 11) is 0. The number of carbonyl (C=O) groups is 1. The lowest BCUT2D eigenvalue weighted by Gasteiger charge is -2.25. The van der Waals surface area contributed by atoms with Gasteiger partial charge in [-0.25, -0.2) is 4.79 Å². The minimum Gasteiger partial charge on any atom is -0.480 e. The molecular formula is C13H13N3O4. The first-order chi connectivity index (χ1) is 9.45. The predicted molar refractivity (Wildman–Crippen MR) is 70.4 cm³/mol. The van der Waals surface area contributed by atoms with Gasteiger partial charge in [0.15, 0.2) is 0 Å². The SMILES string of the molecule is CC1CCN(c2ccc(C#N)c([N+](=O)[O-])c2)C1C(=O)O. The highest BCUT2D eigenvalue weighted by Crippen LogP contribution is 2.33. The monoisotopic (exact) mass is 275 g/mol. The number of rotatable bonds is 3. The van der Waals surface area contributed by atoms with Gasteiger partial charge < -0.3 is 10.0 Å². The maximum absolute atomic E-state index is 11.3. The van der Waals surface area contributed by atoms with Gasteiger partial charge in [0.2, 0.25) is 0 Å². The highest BCUT2D eigenvalue weighted by molar-refractivity contribution is 5.80. The van der Waals surface area contributed by atoms with E-state index < -0.39 is 16.9 Å². The van der Waals surface area contributed by atoms with Crippen molar-refractivity contribution in [3.63, 3.8) is 0 Å². The van der Waals surface area contributed by atoms with Crippen molar-refractivity contribution in [2.24, 2.45) is 5.92 Å². The number of nitriles is 1. The van der Waals surface area contributed by atoms with Crippen molar-refractivity contribution < 1.29 is 14.8 Å². The first-order valence-corrected chi connectivity index (χ1v) is 6.13. The first kappa shape index (κ1) is 13.8. The van der Waals surface area contributed by atoms with Crippen molar-refractivity contribution in [1.82, 2.24) is 0 Å². The molecule has 0 radical (unpaired) electrons. The average Bonchev–Trinajstić information content (AvgIpc) is 2.79. The van der Waals surface area contributed by atoms with Crippen LogP contribution in [0, 0.1) is 27.4 Å². The van der Waals surface area contributed by atoms with E-state index in [0.717, 1.165) is 0 Å². The molecule has 0 saturated carbocycles. The van der Waals surface area contributed by atoms with E-state index in [1.807, 2.05) is 6.92 Å². The fourth-order valence-corrected chi connectivity index (χ4v) is 2.56. The van der Waals surface area contributed by atoms with Crippen LogP contribution in [0.5, 0.6) is 0 Å². The van der Waals surface area contributed by atoms with Gasteiger partial charge in [0.1, 0.15) is 17.7 Å². The van der Waals surface area contributed by atoms with Crippen molar-refractivity contribution in [2.45, 2.75) is 19.4 Å². The molecular weight excluding hydrogens is 262 g/mol. The molecule has 2 rings (SSSR count). The summed E-state index contributed by atoms with van der Waals surface area (Å²) in [5.74, 6) is -0.968. The molecule has 2 atom stereocenters. The lowest BCUT2D eigenvalue weighted by Crippen LogP contribution is -2.39. The molecule has 0 spiro atoms.